The van der Waals surface area contributed by atoms with Crippen molar-refractivity contribution >= 4 is 0 Å². The van der Waals surface area contributed by atoms with E-state index in [1.54, 1.807) is 24.4 Å². The summed E-state index contributed by atoms with van der Waals surface area (Å²) in [6.45, 7) is 2.47. The largest absolute Gasteiger partial charge is 0.466 e. The Hall–Kier alpha value is -2.38. The molecule has 1 heterocycles. The molecular formula is C15H14N2O2. The van der Waals surface area contributed by atoms with E-state index in [9.17, 15) is 0 Å². The zero-order valence-corrected chi connectivity index (χ0v) is 10.7. The van der Waals surface area contributed by atoms with Crippen molar-refractivity contribution in [3.05, 3.63) is 59.4 Å². The van der Waals surface area contributed by atoms with Crippen LogP contribution in [0.3, 0.4) is 0 Å². The van der Waals surface area contributed by atoms with Gasteiger partial charge in [0.1, 0.15) is 11.8 Å². The second-order valence-corrected chi connectivity index (χ2v) is 3.99. The fraction of sp³-hybridized carbons (Fsp3) is 0.200. The van der Waals surface area contributed by atoms with Crippen LogP contribution in [0.1, 0.15) is 16.8 Å². The highest BCUT2D eigenvalue weighted by Gasteiger charge is 2.02. The predicted octanol–water partition coefficient (Wildman–Crippen LogP) is 2.81. The van der Waals surface area contributed by atoms with Crippen LogP contribution in [0.25, 0.3) is 0 Å². The maximum absolute atomic E-state index is 8.91. The summed E-state index contributed by atoms with van der Waals surface area (Å²) in [5.41, 5.74) is 2.47. The van der Waals surface area contributed by atoms with E-state index in [1.807, 2.05) is 25.1 Å². The van der Waals surface area contributed by atoms with Gasteiger partial charge in [0.05, 0.1) is 17.9 Å². The van der Waals surface area contributed by atoms with Crippen LogP contribution in [0.2, 0.25) is 0 Å². The topological polar surface area (TPSA) is 55.1 Å². The summed E-state index contributed by atoms with van der Waals surface area (Å²) in [6.07, 6.45) is 1.73. The van der Waals surface area contributed by atoms with Crippen LogP contribution in [0.15, 0.2) is 42.6 Å². The summed E-state index contributed by atoms with van der Waals surface area (Å²) in [7, 11) is 0. The number of aromatic nitrogens is 1. The number of para-hydroxylation sites is 1. The molecule has 19 heavy (non-hydrogen) atoms. The molecule has 4 nitrogen and oxygen atoms in total. The van der Waals surface area contributed by atoms with E-state index in [2.05, 4.69) is 11.1 Å². The summed E-state index contributed by atoms with van der Waals surface area (Å²) >= 11 is 0. The van der Waals surface area contributed by atoms with Gasteiger partial charge in [-0.05, 0) is 30.7 Å². The third-order valence-corrected chi connectivity index (χ3v) is 2.66. The number of rotatable bonds is 5. The van der Waals surface area contributed by atoms with Gasteiger partial charge in [-0.3, -0.25) is 4.98 Å². The number of ether oxygens (including phenoxy) is 2. The molecule has 0 N–H and O–H groups in total. The Morgan fingerprint density at radius 1 is 1.21 bits per heavy atom. The van der Waals surface area contributed by atoms with Crippen LogP contribution >= 0.6 is 0 Å². The first-order valence-corrected chi connectivity index (χ1v) is 5.91. The van der Waals surface area contributed by atoms with Crippen molar-refractivity contribution in [1.29, 1.82) is 5.26 Å². The lowest BCUT2D eigenvalue weighted by Crippen LogP contribution is -2.05. The van der Waals surface area contributed by atoms with E-state index in [1.165, 1.54) is 0 Å². The molecule has 1 aromatic carbocycles. The number of hydrogen-bond donors (Lipinski definition) is 0. The highest BCUT2D eigenvalue weighted by molar-refractivity contribution is 5.42. The maximum Gasteiger partial charge on any atom is 0.189 e. The summed E-state index contributed by atoms with van der Waals surface area (Å²) in [5, 5.41) is 8.91. The Morgan fingerprint density at radius 3 is 2.84 bits per heavy atom. The van der Waals surface area contributed by atoms with Gasteiger partial charge >= 0.3 is 0 Å². The molecule has 0 radical (unpaired) electrons. The molecule has 0 aliphatic heterocycles. The summed E-state index contributed by atoms with van der Waals surface area (Å²) in [4.78, 5) is 4.22. The highest BCUT2D eigenvalue weighted by Crippen LogP contribution is 2.16. The molecule has 0 spiro atoms. The molecule has 1 aromatic heterocycles. The van der Waals surface area contributed by atoms with Crippen molar-refractivity contribution in [2.45, 2.75) is 13.5 Å². The summed E-state index contributed by atoms with van der Waals surface area (Å²) in [6, 6.07) is 13.0. The summed E-state index contributed by atoms with van der Waals surface area (Å²) < 4.78 is 10.8. The SMILES string of the molecule is Cc1cccnc1COCOc1ccccc1C#N. The minimum atomic E-state index is 0.0920. The molecule has 0 saturated heterocycles. The van der Waals surface area contributed by atoms with Crippen molar-refractivity contribution in [3.8, 4) is 11.8 Å². The Labute approximate surface area is 112 Å². The molecule has 0 atom stereocenters. The van der Waals surface area contributed by atoms with E-state index in [0.29, 0.717) is 17.9 Å². The van der Waals surface area contributed by atoms with Gasteiger partial charge in [0.25, 0.3) is 0 Å². The van der Waals surface area contributed by atoms with Crippen molar-refractivity contribution in [1.82, 2.24) is 4.98 Å². The van der Waals surface area contributed by atoms with Gasteiger partial charge in [-0.2, -0.15) is 5.26 Å². The van der Waals surface area contributed by atoms with E-state index >= 15 is 0 Å². The van der Waals surface area contributed by atoms with E-state index in [4.69, 9.17) is 14.7 Å². The van der Waals surface area contributed by atoms with Crippen molar-refractivity contribution in [2.75, 3.05) is 6.79 Å². The quantitative estimate of drug-likeness (QED) is 0.608. The number of nitrogens with zero attached hydrogens (tertiary/aromatic N) is 2. The molecule has 2 aromatic rings. The molecule has 0 amide bonds. The average Bonchev–Trinajstić information content (AvgIpc) is 2.45. The fourth-order valence-electron chi connectivity index (χ4n) is 1.60. The number of pyridine rings is 1. The zero-order valence-electron chi connectivity index (χ0n) is 10.7. The summed E-state index contributed by atoms with van der Waals surface area (Å²) in [5.74, 6) is 0.530. The van der Waals surface area contributed by atoms with Gasteiger partial charge in [-0.15, -0.1) is 0 Å². The first-order valence-electron chi connectivity index (χ1n) is 5.91. The minimum absolute atomic E-state index is 0.0920. The normalized spacial score (nSPS) is 9.89. The molecule has 2 rings (SSSR count). The van der Waals surface area contributed by atoms with Crippen LogP contribution in [0, 0.1) is 18.3 Å². The van der Waals surface area contributed by atoms with Crippen LogP contribution in [-0.2, 0) is 11.3 Å². The first-order chi connectivity index (χ1) is 9.31. The molecule has 0 aliphatic carbocycles. The fourth-order valence-corrected chi connectivity index (χ4v) is 1.60. The Morgan fingerprint density at radius 2 is 2.05 bits per heavy atom. The van der Waals surface area contributed by atoms with E-state index in [-0.39, 0.29) is 6.79 Å². The van der Waals surface area contributed by atoms with Gasteiger partial charge in [-0.1, -0.05) is 18.2 Å². The minimum Gasteiger partial charge on any atom is -0.466 e. The molecule has 0 unspecified atom stereocenters. The number of nitriles is 1. The Balaban J connectivity index is 1.85. The monoisotopic (exact) mass is 254 g/mol. The second kappa shape index (κ2) is 6.53. The van der Waals surface area contributed by atoms with Gasteiger partial charge in [0.15, 0.2) is 6.79 Å². The first kappa shape index (κ1) is 13.1. The Bertz CT molecular complexity index is 591. The number of aryl methyl sites for hydroxylation is 1. The number of benzene rings is 1. The molecule has 96 valence electrons. The highest BCUT2D eigenvalue weighted by atomic mass is 16.7. The van der Waals surface area contributed by atoms with Gasteiger partial charge in [0, 0.05) is 6.20 Å². The lowest BCUT2D eigenvalue weighted by Gasteiger charge is -2.09. The molecular weight excluding hydrogens is 240 g/mol. The molecule has 4 heteroatoms. The van der Waals surface area contributed by atoms with Crippen LogP contribution in [-0.4, -0.2) is 11.8 Å². The number of hydrogen-bond acceptors (Lipinski definition) is 4. The third kappa shape index (κ3) is 3.54. The van der Waals surface area contributed by atoms with Crippen molar-refractivity contribution in [2.24, 2.45) is 0 Å². The van der Waals surface area contributed by atoms with Gasteiger partial charge < -0.3 is 9.47 Å². The third-order valence-electron chi connectivity index (χ3n) is 2.66. The van der Waals surface area contributed by atoms with Gasteiger partial charge in [0.2, 0.25) is 0 Å². The smallest absolute Gasteiger partial charge is 0.189 e. The second-order valence-electron chi connectivity index (χ2n) is 3.99. The van der Waals surface area contributed by atoms with Crippen molar-refractivity contribution < 1.29 is 9.47 Å². The average molecular weight is 254 g/mol. The lowest BCUT2D eigenvalue weighted by molar-refractivity contribution is 0.00332. The predicted molar refractivity (Wildman–Crippen MR) is 70.4 cm³/mol. The standard InChI is InChI=1S/C15H14N2O2/c1-12-5-4-8-17-14(12)10-18-11-19-15-7-3-2-6-13(15)9-16/h2-8H,10-11H2,1H3. The molecule has 0 aliphatic rings. The maximum atomic E-state index is 8.91. The zero-order chi connectivity index (χ0) is 13.5. The molecule has 0 fully saturated rings. The van der Waals surface area contributed by atoms with Gasteiger partial charge in [-0.25, -0.2) is 0 Å². The van der Waals surface area contributed by atoms with Crippen LogP contribution in [0.4, 0.5) is 0 Å². The van der Waals surface area contributed by atoms with E-state index < -0.39 is 0 Å². The lowest BCUT2D eigenvalue weighted by atomic mass is 10.2. The molecule has 0 saturated carbocycles. The van der Waals surface area contributed by atoms with Crippen molar-refractivity contribution in [3.63, 3.8) is 0 Å². The van der Waals surface area contributed by atoms with Crippen LogP contribution < -0.4 is 4.74 Å². The molecule has 0 bridgehead atoms. The Kier molecular flexibility index (Phi) is 4.49. The van der Waals surface area contributed by atoms with Crippen LogP contribution in [0.5, 0.6) is 5.75 Å². The van der Waals surface area contributed by atoms with E-state index in [0.717, 1.165) is 11.3 Å².